The molecule has 0 saturated carbocycles. The summed E-state index contributed by atoms with van der Waals surface area (Å²) < 4.78 is 5.08. The molecule has 0 aliphatic carbocycles. The number of amides is 1. The standard InChI is InChI=1S/C15H17ClN2O2S/c1-20-7-6-11-4-2-3-5-13(11)18-14(19)8-15-17-12(9-16)10-21-15/h2-5,10H,6-9H2,1H3,(H,18,19). The summed E-state index contributed by atoms with van der Waals surface area (Å²) in [5, 5.41) is 5.59. The van der Waals surface area contributed by atoms with Crippen LogP contribution in [0.25, 0.3) is 0 Å². The monoisotopic (exact) mass is 324 g/mol. The van der Waals surface area contributed by atoms with E-state index in [4.69, 9.17) is 16.3 Å². The van der Waals surface area contributed by atoms with Crippen LogP contribution in [0.15, 0.2) is 29.6 Å². The fraction of sp³-hybridized carbons (Fsp3) is 0.333. The molecule has 0 atom stereocenters. The maximum absolute atomic E-state index is 12.1. The number of rotatable bonds is 7. The van der Waals surface area contributed by atoms with Crippen LogP contribution in [0.4, 0.5) is 5.69 Å². The van der Waals surface area contributed by atoms with Crippen LogP contribution in [-0.4, -0.2) is 24.6 Å². The van der Waals surface area contributed by atoms with E-state index < -0.39 is 0 Å². The van der Waals surface area contributed by atoms with Gasteiger partial charge in [0.25, 0.3) is 0 Å². The number of halogens is 1. The van der Waals surface area contributed by atoms with Crippen LogP contribution in [0.1, 0.15) is 16.3 Å². The lowest BCUT2D eigenvalue weighted by molar-refractivity contribution is -0.115. The highest BCUT2D eigenvalue weighted by molar-refractivity contribution is 7.09. The number of anilines is 1. The van der Waals surface area contributed by atoms with Gasteiger partial charge in [-0.1, -0.05) is 18.2 Å². The summed E-state index contributed by atoms with van der Waals surface area (Å²) in [7, 11) is 1.66. The van der Waals surface area contributed by atoms with E-state index in [9.17, 15) is 4.79 Å². The number of nitrogens with zero attached hydrogens (tertiary/aromatic N) is 1. The topological polar surface area (TPSA) is 51.2 Å². The molecule has 1 N–H and O–H groups in total. The molecule has 0 unspecified atom stereocenters. The lowest BCUT2D eigenvalue weighted by atomic mass is 10.1. The van der Waals surface area contributed by atoms with E-state index in [-0.39, 0.29) is 12.3 Å². The van der Waals surface area contributed by atoms with Crippen LogP contribution < -0.4 is 5.32 Å². The highest BCUT2D eigenvalue weighted by Crippen LogP contribution is 2.17. The molecule has 0 radical (unpaired) electrons. The molecular weight excluding hydrogens is 308 g/mol. The van der Waals surface area contributed by atoms with Crippen molar-refractivity contribution in [2.75, 3.05) is 19.0 Å². The van der Waals surface area contributed by atoms with Gasteiger partial charge in [0.1, 0.15) is 5.01 Å². The van der Waals surface area contributed by atoms with Crippen molar-refractivity contribution < 1.29 is 9.53 Å². The maximum Gasteiger partial charge on any atom is 0.231 e. The van der Waals surface area contributed by atoms with Gasteiger partial charge >= 0.3 is 0 Å². The summed E-state index contributed by atoms with van der Waals surface area (Å²) in [5.41, 5.74) is 2.70. The van der Waals surface area contributed by atoms with Crippen LogP contribution in [0.2, 0.25) is 0 Å². The first-order valence-corrected chi connectivity index (χ1v) is 8.00. The Morgan fingerprint density at radius 2 is 2.24 bits per heavy atom. The van der Waals surface area contributed by atoms with Gasteiger partial charge in [-0.2, -0.15) is 0 Å². The Labute approximate surface area is 133 Å². The molecule has 0 bridgehead atoms. The van der Waals surface area contributed by atoms with E-state index in [2.05, 4.69) is 10.3 Å². The maximum atomic E-state index is 12.1. The number of alkyl halides is 1. The molecular formula is C15H17ClN2O2S. The molecule has 1 amide bonds. The van der Waals surface area contributed by atoms with Gasteiger partial charge in [0, 0.05) is 18.2 Å². The Kier molecular flexibility index (Phi) is 6.17. The molecule has 4 nitrogen and oxygen atoms in total. The van der Waals surface area contributed by atoms with Crippen LogP contribution >= 0.6 is 22.9 Å². The number of nitrogens with one attached hydrogen (secondary N) is 1. The van der Waals surface area contributed by atoms with Crippen molar-refractivity contribution in [3.63, 3.8) is 0 Å². The minimum atomic E-state index is -0.0738. The minimum Gasteiger partial charge on any atom is -0.384 e. The number of thiazole rings is 1. The molecule has 112 valence electrons. The van der Waals surface area contributed by atoms with E-state index in [0.29, 0.717) is 12.5 Å². The predicted molar refractivity (Wildman–Crippen MR) is 86.0 cm³/mol. The van der Waals surface area contributed by atoms with Gasteiger partial charge in [0.2, 0.25) is 5.91 Å². The summed E-state index contributed by atoms with van der Waals surface area (Å²) >= 11 is 7.16. The van der Waals surface area contributed by atoms with E-state index in [1.165, 1.54) is 11.3 Å². The largest absolute Gasteiger partial charge is 0.384 e. The Morgan fingerprint density at radius 3 is 2.95 bits per heavy atom. The van der Waals surface area contributed by atoms with E-state index >= 15 is 0 Å². The van der Waals surface area contributed by atoms with Crippen molar-refractivity contribution in [2.24, 2.45) is 0 Å². The number of hydrogen-bond acceptors (Lipinski definition) is 4. The van der Waals surface area contributed by atoms with Crippen LogP contribution in [0, 0.1) is 0 Å². The molecule has 1 aromatic heterocycles. The molecule has 6 heteroatoms. The van der Waals surface area contributed by atoms with Crippen LogP contribution in [0.5, 0.6) is 0 Å². The summed E-state index contributed by atoms with van der Waals surface area (Å²) in [6, 6.07) is 7.74. The number of carbonyl (C=O) groups is 1. The summed E-state index contributed by atoms with van der Waals surface area (Å²) in [4.78, 5) is 16.4. The van der Waals surface area contributed by atoms with Crippen molar-refractivity contribution in [2.45, 2.75) is 18.7 Å². The summed E-state index contributed by atoms with van der Waals surface area (Å²) in [6.45, 7) is 0.623. The third-order valence-electron chi connectivity index (χ3n) is 2.91. The summed E-state index contributed by atoms with van der Waals surface area (Å²) in [6.07, 6.45) is 1.03. The van der Waals surface area contributed by atoms with Gasteiger partial charge < -0.3 is 10.1 Å². The Bertz CT molecular complexity index is 601. The molecule has 0 aliphatic heterocycles. The Hall–Kier alpha value is -1.43. The molecule has 2 rings (SSSR count). The molecule has 2 aromatic rings. The van der Waals surface area contributed by atoms with Gasteiger partial charge in [-0.15, -0.1) is 22.9 Å². The van der Waals surface area contributed by atoms with E-state index in [1.807, 2.05) is 29.6 Å². The highest BCUT2D eigenvalue weighted by atomic mass is 35.5. The quantitative estimate of drug-likeness (QED) is 0.795. The third kappa shape index (κ3) is 4.81. The summed E-state index contributed by atoms with van der Waals surface area (Å²) in [5.74, 6) is 0.299. The fourth-order valence-corrected chi connectivity index (χ4v) is 2.92. The normalized spacial score (nSPS) is 10.6. The molecule has 0 spiro atoms. The first kappa shape index (κ1) is 15.9. The number of para-hydroxylation sites is 1. The van der Waals surface area contributed by atoms with Gasteiger partial charge in [0.15, 0.2) is 0 Å². The van der Waals surface area contributed by atoms with Crippen molar-refractivity contribution in [1.82, 2.24) is 4.98 Å². The zero-order valence-corrected chi connectivity index (χ0v) is 13.3. The van der Waals surface area contributed by atoms with Gasteiger partial charge in [-0.3, -0.25) is 4.79 Å². The van der Waals surface area contributed by atoms with Gasteiger partial charge in [-0.25, -0.2) is 4.98 Å². The molecule has 0 aliphatic rings. The minimum absolute atomic E-state index is 0.0738. The van der Waals surface area contributed by atoms with Crippen molar-refractivity contribution in [3.8, 4) is 0 Å². The van der Waals surface area contributed by atoms with E-state index in [0.717, 1.165) is 28.4 Å². The highest BCUT2D eigenvalue weighted by Gasteiger charge is 2.10. The number of hydrogen-bond donors (Lipinski definition) is 1. The molecule has 0 fully saturated rings. The van der Waals surface area contributed by atoms with Crippen molar-refractivity contribution in [3.05, 3.63) is 45.9 Å². The number of ether oxygens (including phenoxy) is 1. The smallest absolute Gasteiger partial charge is 0.231 e. The second kappa shape index (κ2) is 8.12. The number of benzene rings is 1. The molecule has 21 heavy (non-hydrogen) atoms. The Morgan fingerprint density at radius 1 is 1.43 bits per heavy atom. The molecule has 0 saturated heterocycles. The first-order chi connectivity index (χ1) is 10.2. The zero-order valence-electron chi connectivity index (χ0n) is 11.8. The predicted octanol–water partition coefficient (Wildman–Crippen LogP) is 3.25. The number of carbonyl (C=O) groups excluding carboxylic acids is 1. The van der Waals surface area contributed by atoms with Crippen molar-refractivity contribution >= 4 is 34.5 Å². The van der Waals surface area contributed by atoms with Gasteiger partial charge in [-0.05, 0) is 18.1 Å². The van der Waals surface area contributed by atoms with Crippen LogP contribution in [0.3, 0.4) is 0 Å². The SMILES string of the molecule is COCCc1ccccc1NC(=O)Cc1nc(CCl)cs1. The fourth-order valence-electron chi connectivity index (χ4n) is 1.90. The second-order valence-electron chi connectivity index (χ2n) is 4.49. The first-order valence-electron chi connectivity index (χ1n) is 6.59. The van der Waals surface area contributed by atoms with Crippen molar-refractivity contribution in [1.29, 1.82) is 0 Å². The zero-order chi connectivity index (χ0) is 15.1. The third-order valence-corrected chi connectivity index (χ3v) is 4.09. The second-order valence-corrected chi connectivity index (χ2v) is 5.70. The van der Waals surface area contributed by atoms with Crippen LogP contribution in [-0.2, 0) is 28.3 Å². The average Bonchev–Trinajstić information content (AvgIpc) is 2.94. The Balaban J connectivity index is 1.98. The average molecular weight is 325 g/mol. The van der Waals surface area contributed by atoms with E-state index in [1.54, 1.807) is 7.11 Å². The van der Waals surface area contributed by atoms with Gasteiger partial charge in [0.05, 0.1) is 24.6 Å². The molecule has 1 heterocycles. The number of methoxy groups -OCH3 is 1. The lowest BCUT2D eigenvalue weighted by Gasteiger charge is -2.10. The molecule has 1 aromatic carbocycles. The number of aromatic nitrogens is 1. The lowest BCUT2D eigenvalue weighted by Crippen LogP contribution is -2.16.